The Kier molecular flexibility index (Phi) is 10.2. The molecule has 0 aliphatic heterocycles. The Morgan fingerprint density at radius 2 is 1.76 bits per heavy atom. The Morgan fingerprint density at radius 1 is 1.15 bits per heavy atom. The Bertz CT molecular complexity index is 868. The van der Waals surface area contributed by atoms with E-state index < -0.39 is 41.1 Å². The summed E-state index contributed by atoms with van der Waals surface area (Å²) in [5, 5.41) is 15.7. The van der Waals surface area contributed by atoms with Gasteiger partial charge >= 0.3 is 6.09 Å². The molecule has 0 saturated carbocycles. The fourth-order valence-corrected chi connectivity index (χ4v) is 3.41. The molecule has 1 aromatic carbocycles. The van der Waals surface area contributed by atoms with Crippen molar-refractivity contribution in [3.63, 3.8) is 0 Å². The quantitative estimate of drug-likeness (QED) is 0.462. The number of amides is 3. The molecule has 0 aromatic heterocycles. The number of aromatic hydroxyl groups is 1. The minimum Gasteiger partial charge on any atom is -0.508 e. The molecule has 0 aliphatic rings. The highest BCUT2D eigenvalue weighted by molar-refractivity contribution is 5.92. The van der Waals surface area contributed by atoms with Crippen LogP contribution in [-0.2, 0) is 14.3 Å². The first kappa shape index (κ1) is 29.0. The van der Waals surface area contributed by atoms with Crippen molar-refractivity contribution >= 4 is 17.9 Å². The zero-order valence-electron chi connectivity index (χ0n) is 21.8. The third-order valence-electron chi connectivity index (χ3n) is 4.55. The number of carbonyl (C=O) groups is 3. The zero-order valence-corrected chi connectivity index (χ0v) is 21.8. The average Bonchev–Trinajstić information content (AvgIpc) is 2.63. The van der Waals surface area contributed by atoms with Gasteiger partial charge in [0.25, 0.3) is 0 Å². The highest BCUT2D eigenvalue weighted by Crippen LogP contribution is 2.27. The second-order valence-electron chi connectivity index (χ2n) is 10.8. The molecular weight excluding hydrogens is 434 g/mol. The molecule has 190 valence electrons. The van der Waals surface area contributed by atoms with Crippen LogP contribution in [0.4, 0.5) is 4.79 Å². The van der Waals surface area contributed by atoms with Gasteiger partial charge in [0.2, 0.25) is 11.8 Å². The smallest absolute Gasteiger partial charge is 0.408 e. The largest absolute Gasteiger partial charge is 0.508 e. The fraction of sp³-hybridized carbons (Fsp3) is 0.577. The van der Waals surface area contributed by atoms with E-state index in [1.807, 2.05) is 34.6 Å². The first-order valence-corrected chi connectivity index (χ1v) is 11.6. The normalized spacial score (nSPS) is 13.6. The van der Waals surface area contributed by atoms with Crippen molar-refractivity contribution < 1.29 is 24.2 Å². The van der Waals surface area contributed by atoms with E-state index in [-0.39, 0.29) is 18.2 Å². The van der Waals surface area contributed by atoms with E-state index in [0.29, 0.717) is 12.0 Å². The number of phenols is 1. The van der Waals surface area contributed by atoms with Crippen molar-refractivity contribution in [2.45, 2.75) is 85.0 Å². The molecule has 8 nitrogen and oxygen atoms in total. The SMILES string of the molecule is C=CCN(C(=O)C(CC(C)C)NC(=O)OC(C)(C)C)C(C(=O)NC(C)(C)C)c1cccc(O)c1. The monoisotopic (exact) mass is 475 g/mol. The second kappa shape index (κ2) is 11.9. The number of benzene rings is 1. The van der Waals surface area contributed by atoms with Gasteiger partial charge in [-0.15, -0.1) is 6.58 Å². The van der Waals surface area contributed by atoms with Crippen molar-refractivity contribution in [2.24, 2.45) is 5.92 Å². The molecule has 0 saturated heterocycles. The maximum Gasteiger partial charge on any atom is 0.408 e. The first-order valence-electron chi connectivity index (χ1n) is 11.6. The molecule has 0 bridgehead atoms. The summed E-state index contributed by atoms with van der Waals surface area (Å²) in [5.41, 5.74) is -0.841. The van der Waals surface area contributed by atoms with Crippen LogP contribution in [0.25, 0.3) is 0 Å². The van der Waals surface area contributed by atoms with Gasteiger partial charge in [0.05, 0.1) is 0 Å². The molecule has 1 aromatic rings. The van der Waals surface area contributed by atoms with Gasteiger partial charge < -0.3 is 25.4 Å². The minimum atomic E-state index is -1.05. The fourth-order valence-electron chi connectivity index (χ4n) is 3.41. The van der Waals surface area contributed by atoms with Crippen LogP contribution in [0.15, 0.2) is 36.9 Å². The van der Waals surface area contributed by atoms with E-state index >= 15 is 0 Å². The summed E-state index contributed by atoms with van der Waals surface area (Å²) >= 11 is 0. The van der Waals surface area contributed by atoms with Crippen molar-refractivity contribution in [3.8, 4) is 5.75 Å². The molecule has 34 heavy (non-hydrogen) atoms. The highest BCUT2D eigenvalue weighted by atomic mass is 16.6. The van der Waals surface area contributed by atoms with Gasteiger partial charge in [0, 0.05) is 12.1 Å². The second-order valence-corrected chi connectivity index (χ2v) is 10.8. The Labute approximate surface area is 203 Å². The van der Waals surface area contributed by atoms with Crippen LogP contribution < -0.4 is 10.6 Å². The van der Waals surface area contributed by atoms with Crippen LogP contribution in [-0.4, -0.2) is 51.6 Å². The molecule has 0 heterocycles. The van der Waals surface area contributed by atoms with Crippen LogP contribution in [0, 0.1) is 5.92 Å². The van der Waals surface area contributed by atoms with Crippen LogP contribution in [0.3, 0.4) is 0 Å². The number of alkyl carbamates (subject to hydrolysis) is 1. The van der Waals surface area contributed by atoms with Crippen LogP contribution in [0.2, 0.25) is 0 Å². The summed E-state index contributed by atoms with van der Waals surface area (Å²) in [6, 6.07) is 4.27. The van der Waals surface area contributed by atoms with E-state index in [2.05, 4.69) is 17.2 Å². The first-order chi connectivity index (χ1) is 15.5. The Morgan fingerprint density at radius 3 is 2.24 bits per heavy atom. The van der Waals surface area contributed by atoms with Crippen molar-refractivity contribution in [2.75, 3.05) is 6.54 Å². The number of nitrogens with one attached hydrogen (secondary N) is 2. The van der Waals surface area contributed by atoms with Gasteiger partial charge in [-0.1, -0.05) is 32.1 Å². The molecule has 8 heteroatoms. The number of ether oxygens (including phenoxy) is 1. The molecule has 0 fully saturated rings. The molecule has 0 radical (unpaired) electrons. The molecule has 3 amide bonds. The molecule has 2 unspecified atom stereocenters. The Hall–Kier alpha value is -3.03. The standard InChI is InChI=1S/C26H41N3O5/c1-10-14-29(23(32)20(15-17(2)3)27-24(33)34-26(7,8)9)21(22(31)28-25(4,5)6)18-12-11-13-19(30)16-18/h10-13,16-17,20-21,30H,1,14-15H2,2-9H3,(H,27,33)(H,28,31). The lowest BCUT2D eigenvalue weighted by Crippen LogP contribution is -2.55. The number of rotatable bonds is 9. The third kappa shape index (κ3) is 9.85. The van der Waals surface area contributed by atoms with Gasteiger partial charge in [-0.3, -0.25) is 9.59 Å². The molecule has 3 N–H and O–H groups in total. The van der Waals surface area contributed by atoms with E-state index in [0.717, 1.165) is 0 Å². The number of carbonyl (C=O) groups excluding carboxylic acids is 3. The summed E-state index contributed by atoms with van der Waals surface area (Å²) in [4.78, 5) is 41.1. The lowest BCUT2D eigenvalue weighted by atomic mass is 9.98. The number of nitrogens with zero attached hydrogens (tertiary/aromatic N) is 1. The lowest BCUT2D eigenvalue weighted by molar-refractivity contribution is -0.142. The Balaban J connectivity index is 3.46. The maximum absolute atomic E-state index is 13.8. The van der Waals surface area contributed by atoms with Crippen LogP contribution >= 0.6 is 0 Å². The molecule has 1 rings (SSSR count). The van der Waals surface area contributed by atoms with Crippen molar-refractivity contribution in [1.82, 2.24) is 15.5 Å². The van der Waals surface area contributed by atoms with Gasteiger partial charge in [-0.2, -0.15) is 0 Å². The summed E-state index contributed by atoms with van der Waals surface area (Å²) in [6.45, 7) is 18.4. The maximum atomic E-state index is 13.8. The van der Waals surface area contributed by atoms with Gasteiger partial charge in [-0.05, 0) is 71.6 Å². The molecule has 0 spiro atoms. The summed E-state index contributed by atoms with van der Waals surface area (Å²) < 4.78 is 5.36. The van der Waals surface area contributed by atoms with Crippen molar-refractivity contribution in [3.05, 3.63) is 42.5 Å². The van der Waals surface area contributed by atoms with Crippen LogP contribution in [0.1, 0.15) is 73.4 Å². The average molecular weight is 476 g/mol. The molecule has 2 atom stereocenters. The topological polar surface area (TPSA) is 108 Å². The van der Waals surface area contributed by atoms with E-state index in [1.54, 1.807) is 32.9 Å². The zero-order chi connectivity index (χ0) is 26.3. The van der Waals surface area contributed by atoms with Gasteiger partial charge in [0.1, 0.15) is 23.4 Å². The lowest BCUT2D eigenvalue weighted by Gasteiger charge is -2.35. The number of hydrogen-bond donors (Lipinski definition) is 3. The summed E-state index contributed by atoms with van der Waals surface area (Å²) in [6.07, 6.45) is 1.16. The van der Waals surface area contributed by atoms with E-state index in [1.165, 1.54) is 23.1 Å². The molecular formula is C26H41N3O5. The van der Waals surface area contributed by atoms with E-state index in [9.17, 15) is 19.5 Å². The van der Waals surface area contributed by atoms with Gasteiger partial charge in [0.15, 0.2) is 0 Å². The molecule has 0 aliphatic carbocycles. The number of hydrogen-bond acceptors (Lipinski definition) is 5. The van der Waals surface area contributed by atoms with Crippen molar-refractivity contribution in [1.29, 1.82) is 0 Å². The summed E-state index contributed by atoms with van der Waals surface area (Å²) in [7, 11) is 0. The predicted octanol–water partition coefficient (Wildman–Crippen LogP) is 4.30. The third-order valence-corrected chi connectivity index (χ3v) is 4.55. The van der Waals surface area contributed by atoms with E-state index in [4.69, 9.17) is 4.74 Å². The van der Waals surface area contributed by atoms with Gasteiger partial charge in [-0.25, -0.2) is 4.79 Å². The predicted molar refractivity (Wildman–Crippen MR) is 133 cm³/mol. The minimum absolute atomic E-state index is 0.0253. The summed E-state index contributed by atoms with van der Waals surface area (Å²) in [5.74, 6) is -0.800. The number of phenolic OH excluding ortho intramolecular Hbond substituents is 1. The van der Waals surface area contributed by atoms with Crippen LogP contribution in [0.5, 0.6) is 5.75 Å². The highest BCUT2D eigenvalue weighted by Gasteiger charge is 2.37.